The highest BCUT2D eigenvalue weighted by Crippen LogP contribution is 2.38. The van der Waals surface area contributed by atoms with E-state index in [9.17, 15) is 0 Å². The van der Waals surface area contributed by atoms with Crippen molar-refractivity contribution in [3.8, 4) is 0 Å². The van der Waals surface area contributed by atoms with E-state index in [1.807, 2.05) is 0 Å². The Morgan fingerprint density at radius 3 is 2.58 bits per heavy atom. The Balaban J connectivity index is 1.94. The summed E-state index contributed by atoms with van der Waals surface area (Å²) in [7, 11) is 0. The summed E-state index contributed by atoms with van der Waals surface area (Å²) in [5.74, 6) is 3.41. The Morgan fingerprint density at radius 2 is 1.89 bits per heavy atom. The molecule has 1 saturated carbocycles. The minimum atomic E-state index is 0.799. The molecule has 1 aromatic carbocycles. The van der Waals surface area contributed by atoms with Crippen LogP contribution in [-0.4, -0.2) is 0 Å². The van der Waals surface area contributed by atoms with Crippen molar-refractivity contribution in [2.75, 3.05) is 0 Å². The molecule has 0 unspecified atom stereocenters. The summed E-state index contributed by atoms with van der Waals surface area (Å²) in [4.78, 5) is 0. The highest BCUT2D eigenvalue weighted by atomic mass is 14.3. The van der Waals surface area contributed by atoms with Crippen molar-refractivity contribution < 1.29 is 0 Å². The zero-order chi connectivity index (χ0) is 13.7. The van der Waals surface area contributed by atoms with Gasteiger partial charge in [-0.05, 0) is 48.5 Å². The second-order valence-electron chi connectivity index (χ2n) is 6.61. The normalized spacial score (nSPS) is 28.1. The van der Waals surface area contributed by atoms with Gasteiger partial charge in [-0.3, -0.25) is 0 Å². The van der Waals surface area contributed by atoms with Gasteiger partial charge in [-0.1, -0.05) is 69.7 Å². The van der Waals surface area contributed by atoms with Crippen LogP contribution in [0.3, 0.4) is 0 Å². The Labute approximate surface area is 118 Å². The summed E-state index contributed by atoms with van der Waals surface area (Å²) in [6.45, 7) is 7.19. The number of allylic oxidation sites excluding steroid dienone is 2. The van der Waals surface area contributed by atoms with E-state index in [2.05, 4.69) is 63.3 Å². The van der Waals surface area contributed by atoms with Gasteiger partial charge in [-0.25, -0.2) is 0 Å². The Morgan fingerprint density at radius 1 is 1.16 bits per heavy atom. The maximum absolute atomic E-state index is 2.51. The Kier molecular flexibility index (Phi) is 5.24. The molecule has 104 valence electrons. The lowest BCUT2D eigenvalue weighted by Crippen LogP contribution is -2.26. The summed E-state index contributed by atoms with van der Waals surface area (Å²) in [6, 6.07) is 10.8. The molecule has 0 aliphatic heterocycles. The van der Waals surface area contributed by atoms with E-state index in [0.717, 1.165) is 30.1 Å². The summed E-state index contributed by atoms with van der Waals surface area (Å²) in [5.41, 5.74) is 1.42. The zero-order valence-electron chi connectivity index (χ0n) is 12.7. The molecule has 3 atom stereocenters. The van der Waals surface area contributed by atoms with Crippen LogP contribution in [-0.2, 0) is 6.42 Å². The van der Waals surface area contributed by atoms with Crippen LogP contribution >= 0.6 is 0 Å². The van der Waals surface area contributed by atoms with E-state index in [1.165, 1.54) is 24.8 Å². The van der Waals surface area contributed by atoms with Crippen molar-refractivity contribution in [3.05, 3.63) is 48.0 Å². The minimum Gasteiger partial charge on any atom is -0.0848 e. The van der Waals surface area contributed by atoms with Gasteiger partial charge in [0.1, 0.15) is 0 Å². The fraction of sp³-hybridized carbons (Fsp3) is 0.579. The van der Waals surface area contributed by atoms with Crippen LogP contribution in [0.25, 0.3) is 0 Å². The highest BCUT2D eigenvalue weighted by molar-refractivity contribution is 5.17. The van der Waals surface area contributed by atoms with Crippen molar-refractivity contribution in [3.63, 3.8) is 0 Å². The fourth-order valence-electron chi connectivity index (χ4n) is 3.49. The molecule has 1 aromatic rings. The smallest absolute Gasteiger partial charge is 0.00974 e. The number of benzene rings is 1. The molecule has 0 nitrogen and oxygen atoms in total. The van der Waals surface area contributed by atoms with Crippen molar-refractivity contribution in [1.29, 1.82) is 0 Å². The average Bonchev–Trinajstić information content (AvgIpc) is 2.39. The zero-order valence-corrected chi connectivity index (χ0v) is 12.7. The third-order valence-corrected chi connectivity index (χ3v) is 4.65. The van der Waals surface area contributed by atoms with Gasteiger partial charge in [-0.15, -0.1) is 0 Å². The van der Waals surface area contributed by atoms with Crippen molar-refractivity contribution >= 4 is 0 Å². The second-order valence-corrected chi connectivity index (χ2v) is 6.61. The first-order chi connectivity index (χ1) is 9.16. The van der Waals surface area contributed by atoms with E-state index >= 15 is 0 Å². The van der Waals surface area contributed by atoms with Crippen LogP contribution in [0.5, 0.6) is 0 Å². The van der Waals surface area contributed by atoms with Crippen molar-refractivity contribution in [1.82, 2.24) is 0 Å². The van der Waals surface area contributed by atoms with Crippen LogP contribution in [0, 0.1) is 23.7 Å². The fourth-order valence-corrected chi connectivity index (χ4v) is 3.49. The lowest BCUT2D eigenvalue weighted by atomic mass is 9.70. The van der Waals surface area contributed by atoms with E-state index in [-0.39, 0.29) is 0 Å². The molecule has 0 amide bonds. The molecule has 1 aliphatic rings. The molecule has 1 aliphatic carbocycles. The minimum absolute atomic E-state index is 0.799. The summed E-state index contributed by atoms with van der Waals surface area (Å²) < 4.78 is 0. The number of hydrogen-bond donors (Lipinski definition) is 0. The van der Waals surface area contributed by atoms with Gasteiger partial charge < -0.3 is 0 Å². The molecular weight excluding hydrogens is 228 g/mol. The Bertz CT molecular complexity index is 388. The van der Waals surface area contributed by atoms with Gasteiger partial charge in [0.05, 0.1) is 0 Å². The maximum Gasteiger partial charge on any atom is -0.00974 e. The first kappa shape index (κ1) is 14.4. The predicted octanol–water partition coefficient (Wildman–Crippen LogP) is 5.49. The molecule has 0 bridgehead atoms. The number of rotatable bonds is 4. The molecule has 0 spiro atoms. The van der Waals surface area contributed by atoms with Crippen molar-refractivity contribution in [2.24, 2.45) is 23.7 Å². The standard InChI is InChI=1S/C19H28/c1-15(2)19-13-12-16(3)14-18(19)11-7-10-17-8-5-4-6-9-17/h4-9,11,15-16,18-19H,10,12-14H2,1-3H3/b11-7+/t16-,18-,19+/m1/s1. The molecule has 0 aromatic heterocycles. The van der Waals surface area contributed by atoms with Gasteiger partial charge >= 0.3 is 0 Å². The second kappa shape index (κ2) is 6.93. The molecule has 2 rings (SSSR count). The third kappa shape index (κ3) is 4.23. The van der Waals surface area contributed by atoms with Crippen LogP contribution in [0.15, 0.2) is 42.5 Å². The largest absolute Gasteiger partial charge is 0.0848 e. The molecule has 0 heterocycles. The van der Waals surface area contributed by atoms with Gasteiger partial charge in [0.15, 0.2) is 0 Å². The third-order valence-electron chi connectivity index (χ3n) is 4.65. The van der Waals surface area contributed by atoms with Crippen LogP contribution in [0.1, 0.15) is 45.6 Å². The molecule has 0 heteroatoms. The van der Waals surface area contributed by atoms with E-state index < -0.39 is 0 Å². The summed E-state index contributed by atoms with van der Waals surface area (Å²) in [6.07, 6.45) is 10.2. The van der Waals surface area contributed by atoms with Crippen LogP contribution in [0.2, 0.25) is 0 Å². The lowest BCUT2D eigenvalue weighted by molar-refractivity contribution is 0.178. The predicted molar refractivity (Wildman–Crippen MR) is 84.1 cm³/mol. The maximum atomic E-state index is 2.51. The van der Waals surface area contributed by atoms with E-state index in [1.54, 1.807) is 0 Å². The van der Waals surface area contributed by atoms with Gasteiger partial charge in [-0.2, -0.15) is 0 Å². The van der Waals surface area contributed by atoms with E-state index in [0.29, 0.717) is 0 Å². The molecule has 0 N–H and O–H groups in total. The summed E-state index contributed by atoms with van der Waals surface area (Å²) in [5, 5.41) is 0. The molecule has 0 radical (unpaired) electrons. The average molecular weight is 256 g/mol. The first-order valence-corrected chi connectivity index (χ1v) is 7.87. The first-order valence-electron chi connectivity index (χ1n) is 7.87. The van der Waals surface area contributed by atoms with Crippen LogP contribution < -0.4 is 0 Å². The summed E-state index contributed by atoms with van der Waals surface area (Å²) >= 11 is 0. The topological polar surface area (TPSA) is 0 Å². The molecule has 0 saturated heterocycles. The monoisotopic (exact) mass is 256 g/mol. The SMILES string of the molecule is CC(C)[C@@H]1CC[C@@H](C)C[C@H]1/C=C/Cc1ccccc1. The molecule has 1 fully saturated rings. The Hall–Kier alpha value is -1.04. The molecular formula is C19H28. The van der Waals surface area contributed by atoms with Crippen molar-refractivity contribution in [2.45, 2.75) is 46.5 Å². The molecule has 19 heavy (non-hydrogen) atoms. The highest BCUT2D eigenvalue weighted by Gasteiger charge is 2.28. The number of hydrogen-bond acceptors (Lipinski definition) is 0. The van der Waals surface area contributed by atoms with Gasteiger partial charge in [0, 0.05) is 0 Å². The van der Waals surface area contributed by atoms with Crippen LogP contribution in [0.4, 0.5) is 0 Å². The van der Waals surface area contributed by atoms with E-state index in [4.69, 9.17) is 0 Å². The van der Waals surface area contributed by atoms with Gasteiger partial charge in [0.25, 0.3) is 0 Å². The van der Waals surface area contributed by atoms with Gasteiger partial charge in [0.2, 0.25) is 0 Å². The lowest BCUT2D eigenvalue weighted by Gasteiger charge is -2.35. The quantitative estimate of drug-likeness (QED) is 0.624.